The van der Waals surface area contributed by atoms with Gasteiger partial charge in [0, 0.05) is 0 Å². The zero-order valence-corrected chi connectivity index (χ0v) is 15.5. The Kier molecular flexibility index (Phi) is 5.40. The molecule has 2 aromatic carbocycles. The Labute approximate surface area is 154 Å². The van der Waals surface area contributed by atoms with Gasteiger partial charge in [0.1, 0.15) is 0 Å². The number of hydrogen-bond donors (Lipinski definition) is 1. The van der Waals surface area contributed by atoms with Crippen LogP contribution >= 0.6 is 0 Å². The normalized spacial score (nSPS) is 17.1. The zero-order valence-electron chi connectivity index (χ0n) is 15.5. The molecule has 4 nitrogen and oxygen atoms in total. The Balaban J connectivity index is 1.63. The predicted octanol–water partition coefficient (Wildman–Crippen LogP) is 4.04. The fourth-order valence-corrected chi connectivity index (χ4v) is 3.34. The van der Waals surface area contributed by atoms with Gasteiger partial charge in [0.2, 0.25) is 0 Å². The quantitative estimate of drug-likeness (QED) is 0.846. The number of amides is 1. The summed E-state index contributed by atoms with van der Waals surface area (Å²) >= 11 is 0. The largest absolute Gasteiger partial charge is 0.449 e. The third-order valence-electron chi connectivity index (χ3n) is 5.08. The lowest BCUT2D eigenvalue weighted by molar-refractivity contribution is -0.130. The van der Waals surface area contributed by atoms with Gasteiger partial charge in [0.25, 0.3) is 5.91 Å². The first-order valence-electron chi connectivity index (χ1n) is 9.12. The lowest BCUT2D eigenvalue weighted by Crippen LogP contribution is -2.39. The molecular weight excluding hydrogens is 326 g/mol. The van der Waals surface area contributed by atoms with Gasteiger partial charge < -0.3 is 10.1 Å². The van der Waals surface area contributed by atoms with E-state index in [1.165, 1.54) is 11.1 Å². The minimum atomic E-state index is -0.835. The van der Waals surface area contributed by atoms with Gasteiger partial charge in [0.05, 0.1) is 11.6 Å². The molecule has 2 atom stereocenters. The Morgan fingerprint density at radius 3 is 2.65 bits per heavy atom. The summed E-state index contributed by atoms with van der Waals surface area (Å²) in [6.45, 7) is 5.55. The van der Waals surface area contributed by atoms with Crippen molar-refractivity contribution < 1.29 is 14.3 Å². The van der Waals surface area contributed by atoms with E-state index in [2.05, 4.69) is 17.4 Å². The first-order chi connectivity index (χ1) is 12.5. The Bertz CT molecular complexity index is 828. The van der Waals surface area contributed by atoms with Crippen molar-refractivity contribution in [1.82, 2.24) is 5.32 Å². The summed E-state index contributed by atoms with van der Waals surface area (Å²) < 4.78 is 5.37. The zero-order chi connectivity index (χ0) is 18.7. The maximum Gasteiger partial charge on any atom is 0.338 e. The van der Waals surface area contributed by atoms with Crippen LogP contribution in [0, 0.1) is 13.8 Å². The molecule has 0 bridgehead atoms. The van der Waals surface area contributed by atoms with Crippen LogP contribution in [0.4, 0.5) is 0 Å². The fraction of sp³-hybridized carbons (Fsp3) is 0.364. The molecule has 0 fully saturated rings. The molecule has 136 valence electrons. The number of esters is 1. The summed E-state index contributed by atoms with van der Waals surface area (Å²) in [7, 11) is 0. The second-order valence-electron chi connectivity index (χ2n) is 7.00. The molecule has 0 saturated heterocycles. The number of fused-ring (bicyclic) bond motifs is 1. The molecule has 0 radical (unpaired) electrons. The summed E-state index contributed by atoms with van der Waals surface area (Å²) in [6, 6.07) is 13.6. The van der Waals surface area contributed by atoms with Crippen molar-refractivity contribution in [3.63, 3.8) is 0 Å². The summed E-state index contributed by atoms with van der Waals surface area (Å²) in [5, 5.41) is 3.04. The predicted molar refractivity (Wildman–Crippen MR) is 101 cm³/mol. The van der Waals surface area contributed by atoms with Crippen molar-refractivity contribution in [3.8, 4) is 0 Å². The van der Waals surface area contributed by atoms with E-state index in [0.29, 0.717) is 5.56 Å². The molecule has 0 saturated carbocycles. The van der Waals surface area contributed by atoms with Crippen LogP contribution < -0.4 is 5.32 Å². The standard InChI is InChI=1S/C22H25NO3/c1-14-11-12-18(13-15(14)2)22(25)26-16(3)21(24)23-20-10-6-8-17-7-4-5-9-19(17)20/h4-5,7,9,11-13,16,20H,6,8,10H2,1-3H3,(H,23,24). The lowest BCUT2D eigenvalue weighted by atomic mass is 9.87. The van der Waals surface area contributed by atoms with E-state index >= 15 is 0 Å². The Morgan fingerprint density at radius 2 is 1.88 bits per heavy atom. The van der Waals surface area contributed by atoms with Gasteiger partial charge in [-0.1, -0.05) is 30.3 Å². The highest BCUT2D eigenvalue weighted by Crippen LogP contribution is 2.29. The average molecular weight is 351 g/mol. The van der Waals surface area contributed by atoms with E-state index in [-0.39, 0.29) is 11.9 Å². The topological polar surface area (TPSA) is 55.4 Å². The van der Waals surface area contributed by atoms with Crippen molar-refractivity contribution in [2.45, 2.75) is 52.2 Å². The molecule has 1 amide bonds. The lowest BCUT2D eigenvalue weighted by Gasteiger charge is -2.27. The average Bonchev–Trinajstić information content (AvgIpc) is 2.64. The van der Waals surface area contributed by atoms with Crippen molar-refractivity contribution in [2.75, 3.05) is 0 Å². The molecule has 0 heterocycles. The number of aryl methyl sites for hydroxylation is 3. The van der Waals surface area contributed by atoms with E-state index in [0.717, 1.165) is 30.4 Å². The van der Waals surface area contributed by atoms with Gasteiger partial charge >= 0.3 is 5.97 Å². The smallest absolute Gasteiger partial charge is 0.338 e. The highest BCUT2D eigenvalue weighted by molar-refractivity contribution is 5.92. The first kappa shape index (κ1) is 18.2. The summed E-state index contributed by atoms with van der Waals surface area (Å²) in [6.07, 6.45) is 2.15. The minimum absolute atomic E-state index is 0.0183. The number of nitrogens with one attached hydrogen (secondary N) is 1. The molecule has 0 aromatic heterocycles. The Morgan fingerprint density at radius 1 is 1.12 bits per heavy atom. The van der Waals surface area contributed by atoms with Crippen LogP contribution in [0.2, 0.25) is 0 Å². The highest BCUT2D eigenvalue weighted by atomic mass is 16.5. The van der Waals surface area contributed by atoms with E-state index in [1.807, 2.05) is 32.0 Å². The van der Waals surface area contributed by atoms with Crippen LogP contribution in [0.25, 0.3) is 0 Å². The second kappa shape index (κ2) is 7.73. The van der Waals surface area contributed by atoms with Gasteiger partial charge in [-0.3, -0.25) is 4.79 Å². The molecule has 2 unspecified atom stereocenters. The van der Waals surface area contributed by atoms with Crippen LogP contribution in [0.1, 0.15) is 58.4 Å². The molecule has 1 aliphatic rings. The van der Waals surface area contributed by atoms with Gasteiger partial charge in [-0.25, -0.2) is 4.79 Å². The minimum Gasteiger partial charge on any atom is -0.449 e. The van der Waals surface area contributed by atoms with Crippen LogP contribution in [0.15, 0.2) is 42.5 Å². The molecule has 1 aliphatic carbocycles. The number of carbonyl (C=O) groups excluding carboxylic acids is 2. The van der Waals surface area contributed by atoms with Crippen molar-refractivity contribution in [3.05, 3.63) is 70.3 Å². The third kappa shape index (κ3) is 3.96. The number of rotatable bonds is 4. The number of ether oxygens (including phenoxy) is 1. The monoisotopic (exact) mass is 351 g/mol. The van der Waals surface area contributed by atoms with Gasteiger partial charge in [-0.05, 0) is 74.4 Å². The van der Waals surface area contributed by atoms with E-state index in [1.54, 1.807) is 19.1 Å². The second-order valence-corrected chi connectivity index (χ2v) is 7.00. The summed E-state index contributed by atoms with van der Waals surface area (Å²) in [5.41, 5.74) is 5.05. The molecule has 4 heteroatoms. The van der Waals surface area contributed by atoms with Crippen molar-refractivity contribution >= 4 is 11.9 Å². The van der Waals surface area contributed by atoms with Gasteiger partial charge in [-0.15, -0.1) is 0 Å². The van der Waals surface area contributed by atoms with Gasteiger partial charge in [-0.2, -0.15) is 0 Å². The molecule has 2 aromatic rings. The summed E-state index contributed by atoms with van der Waals surface area (Å²) in [4.78, 5) is 24.8. The van der Waals surface area contributed by atoms with Crippen LogP contribution in [0.3, 0.4) is 0 Å². The molecular formula is C22H25NO3. The van der Waals surface area contributed by atoms with E-state index in [4.69, 9.17) is 4.74 Å². The maximum absolute atomic E-state index is 12.5. The van der Waals surface area contributed by atoms with Crippen LogP contribution in [0.5, 0.6) is 0 Å². The summed E-state index contributed by atoms with van der Waals surface area (Å²) in [5.74, 6) is -0.733. The molecule has 0 spiro atoms. The van der Waals surface area contributed by atoms with Crippen LogP contribution in [-0.2, 0) is 16.0 Å². The maximum atomic E-state index is 12.5. The number of hydrogen-bond acceptors (Lipinski definition) is 3. The van der Waals surface area contributed by atoms with E-state index in [9.17, 15) is 9.59 Å². The van der Waals surface area contributed by atoms with Crippen LogP contribution in [-0.4, -0.2) is 18.0 Å². The first-order valence-corrected chi connectivity index (χ1v) is 9.12. The van der Waals surface area contributed by atoms with Crippen molar-refractivity contribution in [2.24, 2.45) is 0 Å². The number of benzene rings is 2. The highest BCUT2D eigenvalue weighted by Gasteiger charge is 2.25. The molecule has 26 heavy (non-hydrogen) atoms. The SMILES string of the molecule is Cc1ccc(C(=O)OC(C)C(=O)NC2CCCc3ccccc32)cc1C. The fourth-order valence-electron chi connectivity index (χ4n) is 3.34. The molecule has 1 N–H and O–H groups in total. The van der Waals surface area contributed by atoms with Crippen molar-refractivity contribution in [1.29, 1.82) is 0 Å². The Hall–Kier alpha value is -2.62. The van der Waals surface area contributed by atoms with E-state index < -0.39 is 12.1 Å². The third-order valence-corrected chi connectivity index (χ3v) is 5.08. The number of carbonyl (C=O) groups is 2. The molecule has 0 aliphatic heterocycles. The molecule has 3 rings (SSSR count). The van der Waals surface area contributed by atoms with Gasteiger partial charge in [0.15, 0.2) is 6.10 Å².